The van der Waals surface area contributed by atoms with Crippen LogP contribution in [0.2, 0.25) is 0 Å². The van der Waals surface area contributed by atoms with E-state index in [9.17, 15) is 22.8 Å². The molecular formula is C19H19F3N2O3. The minimum Gasteiger partial charge on any atom is -0.497 e. The molecule has 0 aromatic heterocycles. The number of hydrogen-bond donors (Lipinski definition) is 2. The summed E-state index contributed by atoms with van der Waals surface area (Å²) in [5.74, 6) is -0.818. The highest BCUT2D eigenvalue weighted by Gasteiger charge is 2.37. The van der Waals surface area contributed by atoms with Gasteiger partial charge in [-0.2, -0.15) is 13.2 Å². The fraction of sp³-hybridized carbons (Fsp3) is 0.263. The Morgan fingerprint density at radius 3 is 1.93 bits per heavy atom. The molecule has 0 radical (unpaired) electrons. The van der Waals surface area contributed by atoms with Crippen molar-refractivity contribution in [3.05, 3.63) is 54.1 Å². The van der Waals surface area contributed by atoms with Crippen molar-refractivity contribution in [1.29, 1.82) is 0 Å². The highest BCUT2D eigenvalue weighted by molar-refractivity contribution is 6.14. The lowest BCUT2D eigenvalue weighted by Crippen LogP contribution is -2.41. The van der Waals surface area contributed by atoms with Gasteiger partial charge in [0.25, 0.3) is 0 Å². The molecule has 144 valence electrons. The first kappa shape index (κ1) is 20.3. The van der Waals surface area contributed by atoms with Crippen molar-refractivity contribution >= 4 is 23.2 Å². The van der Waals surface area contributed by atoms with E-state index in [0.717, 1.165) is 12.1 Å². The normalized spacial score (nSPS) is 11.6. The molecule has 0 spiro atoms. The Kier molecular flexibility index (Phi) is 5.78. The zero-order valence-corrected chi connectivity index (χ0v) is 15.0. The number of nitrogens with one attached hydrogen (secondary N) is 2. The summed E-state index contributed by atoms with van der Waals surface area (Å²) in [5.41, 5.74) is -2.03. The molecule has 0 aliphatic carbocycles. The molecule has 0 unspecified atom stereocenters. The van der Waals surface area contributed by atoms with Gasteiger partial charge in [-0.3, -0.25) is 9.59 Å². The Hall–Kier alpha value is -3.03. The molecular weight excluding hydrogens is 361 g/mol. The number of anilines is 2. The van der Waals surface area contributed by atoms with Crippen LogP contribution < -0.4 is 15.4 Å². The van der Waals surface area contributed by atoms with Crippen molar-refractivity contribution in [2.75, 3.05) is 17.7 Å². The van der Waals surface area contributed by atoms with Gasteiger partial charge in [-0.1, -0.05) is 12.1 Å². The number of halogens is 3. The van der Waals surface area contributed by atoms with Gasteiger partial charge in [0.05, 0.1) is 12.7 Å². The van der Waals surface area contributed by atoms with Crippen molar-refractivity contribution in [1.82, 2.24) is 0 Å². The molecule has 0 heterocycles. The topological polar surface area (TPSA) is 67.4 Å². The Morgan fingerprint density at radius 2 is 1.41 bits per heavy atom. The number of amides is 2. The number of carbonyl (C=O) groups is 2. The van der Waals surface area contributed by atoms with Crippen LogP contribution in [0.15, 0.2) is 48.5 Å². The molecule has 2 aromatic rings. The van der Waals surface area contributed by atoms with E-state index in [1.165, 1.54) is 33.1 Å². The average molecular weight is 380 g/mol. The van der Waals surface area contributed by atoms with Gasteiger partial charge in [0, 0.05) is 17.4 Å². The Balaban J connectivity index is 2.13. The predicted molar refractivity (Wildman–Crippen MR) is 95.5 cm³/mol. The summed E-state index contributed by atoms with van der Waals surface area (Å²) in [5, 5.41) is 4.96. The second-order valence-corrected chi connectivity index (χ2v) is 6.34. The fourth-order valence-corrected chi connectivity index (χ4v) is 2.15. The summed E-state index contributed by atoms with van der Waals surface area (Å²) >= 11 is 0. The number of carbonyl (C=O) groups excluding carboxylic acids is 2. The molecule has 0 fully saturated rings. The number of hydrogen-bond acceptors (Lipinski definition) is 3. The molecule has 2 amide bonds. The third-order valence-electron chi connectivity index (χ3n) is 3.91. The maximum Gasteiger partial charge on any atom is 0.416 e. The number of methoxy groups -OCH3 is 1. The molecule has 2 rings (SSSR count). The second kappa shape index (κ2) is 7.69. The maximum absolute atomic E-state index is 12.8. The van der Waals surface area contributed by atoms with Crippen LogP contribution in [-0.2, 0) is 15.8 Å². The van der Waals surface area contributed by atoms with Crippen LogP contribution >= 0.6 is 0 Å². The fourth-order valence-electron chi connectivity index (χ4n) is 2.15. The smallest absolute Gasteiger partial charge is 0.416 e. The van der Waals surface area contributed by atoms with Crippen LogP contribution in [0.4, 0.5) is 24.5 Å². The molecule has 0 saturated heterocycles. The average Bonchev–Trinajstić information content (AvgIpc) is 2.61. The van der Waals surface area contributed by atoms with Gasteiger partial charge in [-0.05, 0) is 44.2 Å². The maximum atomic E-state index is 12.8. The van der Waals surface area contributed by atoms with Crippen molar-refractivity contribution < 1.29 is 27.5 Å². The van der Waals surface area contributed by atoms with Crippen molar-refractivity contribution in [2.45, 2.75) is 20.0 Å². The van der Waals surface area contributed by atoms with E-state index >= 15 is 0 Å². The summed E-state index contributed by atoms with van der Waals surface area (Å²) < 4.78 is 43.4. The Bertz CT molecular complexity index is 848. The summed E-state index contributed by atoms with van der Waals surface area (Å²) in [7, 11) is 1.48. The van der Waals surface area contributed by atoms with E-state index in [4.69, 9.17) is 4.74 Å². The van der Waals surface area contributed by atoms with E-state index in [2.05, 4.69) is 10.6 Å². The van der Waals surface area contributed by atoms with Crippen LogP contribution in [0.3, 0.4) is 0 Å². The molecule has 5 nitrogen and oxygen atoms in total. The number of benzene rings is 2. The quantitative estimate of drug-likeness (QED) is 0.760. The van der Waals surface area contributed by atoms with Gasteiger partial charge in [0.1, 0.15) is 11.2 Å². The first-order valence-electron chi connectivity index (χ1n) is 7.98. The van der Waals surface area contributed by atoms with E-state index in [1.807, 2.05) is 0 Å². The molecule has 2 N–H and O–H groups in total. The molecule has 8 heteroatoms. The summed E-state index contributed by atoms with van der Waals surface area (Å²) in [6, 6.07) is 10.8. The van der Waals surface area contributed by atoms with E-state index in [0.29, 0.717) is 11.4 Å². The molecule has 2 aromatic carbocycles. The van der Waals surface area contributed by atoms with Crippen LogP contribution in [0.5, 0.6) is 5.75 Å². The van der Waals surface area contributed by atoms with Gasteiger partial charge >= 0.3 is 6.18 Å². The first-order chi connectivity index (χ1) is 12.5. The number of alkyl halides is 3. The molecule has 27 heavy (non-hydrogen) atoms. The van der Waals surface area contributed by atoms with Crippen molar-refractivity contribution in [3.63, 3.8) is 0 Å². The van der Waals surface area contributed by atoms with E-state index in [1.54, 1.807) is 24.3 Å². The lowest BCUT2D eigenvalue weighted by Gasteiger charge is -2.23. The monoisotopic (exact) mass is 380 g/mol. The number of rotatable bonds is 5. The van der Waals surface area contributed by atoms with Gasteiger partial charge in [-0.25, -0.2) is 0 Å². The summed E-state index contributed by atoms with van der Waals surface area (Å²) in [6.07, 6.45) is -4.53. The van der Waals surface area contributed by atoms with Crippen LogP contribution in [0, 0.1) is 5.41 Å². The standard InChI is InChI=1S/C19H19F3N2O3/c1-18(2,17(26)24-14-8-5-9-15(11-14)27-3)16(25)23-13-7-4-6-12(10-13)19(20,21)22/h4-11H,1-3H3,(H,23,25)(H,24,26). The molecule has 0 saturated carbocycles. The predicted octanol–water partition coefficient (Wildman–Crippen LogP) is 4.32. The molecule has 0 atom stereocenters. The lowest BCUT2D eigenvalue weighted by atomic mass is 9.90. The van der Waals surface area contributed by atoms with Crippen LogP contribution in [0.1, 0.15) is 19.4 Å². The first-order valence-corrected chi connectivity index (χ1v) is 7.98. The highest BCUT2D eigenvalue weighted by atomic mass is 19.4. The van der Waals surface area contributed by atoms with Gasteiger partial charge < -0.3 is 15.4 Å². The zero-order valence-electron chi connectivity index (χ0n) is 15.0. The van der Waals surface area contributed by atoms with Crippen LogP contribution in [0.25, 0.3) is 0 Å². The van der Waals surface area contributed by atoms with Gasteiger partial charge in [0.15, 0.2) is 0 Å². The van der Waals surface area contributed by atoms with Gasteiger partial charge in [0.2, 0.25) is 11.8 Å². The minimum atomic E-state index is -4.53. The Morgan fingerprint density at radius 1 is 0.889 bits per heavy atom. The highest BCUT2D eigenvalue weighted by Crippen LogP contribution is 2.31. The largest absolute Gasteiger partial charge is 0.497 e. The van der Waals surface area contributed by atoms with Crippen molar-refractivity contribution in [3.8, 4) is 5.75 Å². The SMILES string of the molecule is COc1cccc(NC(=O)C(C)(C)C(=O)Nc2cccc(C(F)(F)F)c2)c1. The molecule has 0 aliphatic heterocycles. The summed E-state index contributed by atoms with van der Waals surface area (Å²) in [6.45, 7) is 2.76. The third kappa shape index (κ3) is 4.99. The third-order valence-corrected chi connectivity index (χ3v) is 3.91. The zero-order chi connectivity index (χ0) is 20.2. The summed E-state index contributed by atoms with van der Waals surface area (Å²) in [4.78, 5) is 25.0. The Labute approximate surface area is 154 Å². The molecule has 0 bridgehead atoms. The van der Waals surface area contributed by atoms with Crippen LogP contribution in [-0.4, -0.2) is 18.9 Å². The minimum absolute atomic E-state index is 0.0444. The lowest BCUT2D eigenvalue weighted by molar-refractivity contribution is -0.138. The van der Waals surface area contributed by atoms with Gasteiger partial charge in [-0.15, -0.1) is 0 Å². The number of ether oxygens (including phenoxy) is 1. The second-order valence-electron chi connectivity index (χ2n) is 6.34. The van der Waals surface area contributed by atoms with E-state index in [-0.39, 0.29) is 5.69 Å². The van der Waals surface area contributed by atoms with E-state index < -0.39 is 29.0 Å². The molecule has 0 aliphatic rings. The van der Waals surface area contributed by atoms with Crippen molar-refractivity contribution in [2.24, 2.45) is 5.41 Å².